The first-order valence-corrected chi connectivity index (χ1v) is 7.52. The van der Waals surface area contributed by atoms with Crippen molar-refractivity contribution in [3.8, 4) is 11.1 Å². The van der Waals surface area contributed by atoms with Gasteiger partial charge in [0, 0.05) is 18.7 Å². The molecule has 0 radical (unpaired) electrons. The topological polar surface area (TPSA) is 35.8 Å². The molecule has 1 aliphatic heterocycles. The summed E-state index contributed by atoms with van der Waals surface area (Å²) in [4.78, 5) is 2.19. The van der Waals surface area contributed by atoms with Crippen LogP contribution in [0.4, 0.5) is 0 Å². The molecule has 3 heteroatoms. The van der Waals surface area contributed by atoms with Gasteiger partial charge < -0.3 is 10.1 Å². The zero-order valence-electron chi connectivity index (χ0n) is 12.1. The van der Waals surface area contributed by atoms with Crippen molar-refractivity contribution in [1.29, 1.82) is 0 Å². The second-order valence-corrected chi connectivity index (χ2v) is 5.38. The third-order valence-corrected chi connectivity index (χ3v) is 4.00. The summed E-state index contributed by atoms with van der Waals surface area (Å²) in [6, 6.07) is 18.4. The molecule has 0 spiro atoms. The van der Waals surface area contributed by atoms with E-state index in [0.717, 1.165) is 42.6 Å². The minimum Gasteiger partial charge on any atom is -0.409 e. The van der Waals surface area contributed by atoms with E-state index in [1.165, 1.54) is 6.42 Å². The van der Waals surface area contributed by atoms with E-state index in [9.17, 15) is 5.21 Å². The van der Waals surface area contributed by atoms with Gasteiger partial charge in [-0.05, 0) is 30.4 Å². The van der Waals surface area contributed by atoms with Crippen LogP contribution in [0.25, 0.3) is 11.1 Å². The number of piperidine rings is 1. The van der Waals surface area contributed by atoms with Gasteiger partial charge in [-0.3, -0.25) is 0 Å². The van der Waals surface area contributed by atoms with Crippen LogP contribution in [0.2, 0.25) is 0 Å². The quantitative estimate of drug-likeness (QED) is 0.391. The summed E-state index contributed by atoms with van der Waals surface area (Å²) in [6.07, 6.45) is 3.58. The number of benzene rings is 2. The molecule has 0 aromatic heterocycles. The molecule has 1 aliphatic rings. The first kappa shape index (κ1) is 13.7. The van der Waals surface area contributed by atoms with Crippen LogP contribution in [0.15, 0.2) is 59.8 Å². The van der Waals surface area contributed by atoms with E-state index in [4.69, 9.17) is 0 Å². The lowest BCUT2D eigenvalue weighted by Gasteiger charge is -2.29. The largest absolute Gasteiger partial charge is 0.409 e. The van der Waals surface area contributed by atoms with Crippen LogP contribution in [-0.4, -0.2) is 29.0 Å². The minimum atomic E-state index is 0.689. The number of hydrogen-bond acceptors (Lipinski definition) is 2. The van der Waals surface area contributed by atoms with Gasteiger partial charge in [0.05, 0.1) is 0 Å². The zero-order chi connectivity index (χ0) is 14.5. The van der Waals surface area contributed by atoms with Crippen LogP contribution < -0.4 is 0 Å². The molecular weight excluding hydrogens is 260 g/mol. The van der Waals surface area contributed by atoms with Gasteiger partial charge in [-0.15, -0.1) is 0 Å². The van der Waals surface area contributed by atoms with Gasteiger partial charge in [0.25, 0.3) is 0 Å². The van der Waals surface area contributed by atoms with Gasteiger partial charge in [0.1, 0.15) is 0 Å². The van der Waals surface area contributed by atoms with Crippen LogP contribution >= 0.6 is 0 Å². The Bertz CT molecular complexity index is 616. The van der Waals surface area contributed by atoms with Crippen molar-refractivity contribution in [3.63, 3.8) is 0 Å². The third-order valence-electron chi connectivity index (χ3n) is 4.00. The van der Waals surface area contributed by atoms with E-state index in [1.807, 2.05) is 36.4 Å². The van der Waals surface area contributed by atoms with Crippen LogP contribution in [0.3, 0.4) is 0 Å². The average Bonchev–Trinajstić information content (AvgIpc) is 2.58. The van der Waals surface area contributed by atoms with Crippen LogP contribution in [-0.2, 0) is 0 Å². The lowest BCUT2D eigenvalue weighted by atomic mass is 9.98. The van der Waals surface area contributed by atoms with E-state index in [1.54, 1.807) is 0 Å². The van der Waals surface area contributed by atoms with Gasteiger partial charge >= 0.3 is 0 Å². The maximum absolute atomic E-state index is 9.55. The third kappa shape index (κ3) is 2.92. The second-order valence-electron chi connectivity index (χ2n) is 5.38. The van der Waals surface area contributed by atoms with E-state index in [-0.39, 0.29) is 0 Å². The van der Waals surface area contributed by atoms with Gasteiger partial charge in [-0.25, -0.2) is 0 Å². The lowest BCUT2D eigenvalue weighted by molar-refractivity contribution is 0.286. The summed E-state index contributed by atoms with van der Waals surface area (Å²) in [5.41, 5.74) is 3.25. The monoisotopic (exact) mass is 280 g/mol. The van der Waals surface area contributed by atoms with Crippen LogP contribution in [0.5, 0.6) is 0 Å². The molecule has 0 unspecified atom stereocenters. The molecule has 2 aromatic carbocycles. The van der Waals surface area contributed by atoms with Gasteiger partial charge in [-0.2, -0.15) is 0 Å². The van der Waals surface area contributed by atoms with E-state index in [0.29, 0.717) is 5.84 Å². The highest BCUT2D eigenvalue weighted by atomic mass is 16.4. The molecule has 21 heavy (non-hydrogen) atoms. The van der Waals surface area contributed by atoms with Crippen molar-refractivity contribution in [1.82, 2.24) is 4.90 Å². The van der Waals surface area contributed by atoms with Crippen molar-refractivity contribution >= 4 is 5.84 Å². The number of rotatable bonds is 2. The van der Waals surface area contributed by atoms with Crippen molar-refractivity contribution in [3.05, 3.63) is 60.2 Å². The van der Waals surface area contributed by atoms with Gasteiger partial charge in [0.2, 0.25) is 0 Å². The predicted molar refractivity (Wildman–Crippen MR) is 85.6 cm³/mol. The Kier molecular flexibility index (Phi) is 4.20. The van der Waals surface area contributed by atoms with Crippen molar-refractivity contribution < 1.29 is 5.21 Å². The summed E-state index contributed by atoms with van der Waals surface area (Å²) in [5.74, 6) is 0.689. The summed E-state index contributed by atoms with van der Waals surface area (Å²) < 4.78 is 0. The Hall–Kier alpha value is -2.29. The molecule has 0 saturated carbocycles. The molecule has 1 N–H and O–H groups in total. The molecule has 2 aromatic rings. The van der Waals surface area contributed by atoms with E-state index in [2.05, 4.69) is 28.3 Å². The standard InChI is InChI=1S/C18H20N2O/c21-19-18(20-13-7-2-8-14-20)17-12-6-5-11-16(17)15-9-3-1-4-10-15/h1,3-6,9-12,21H,2,7-8,13-14H2/b19-18-. The summed E-state index contributed by atoms with van der Waals surface area (Å²) in [7, 11) is 0. The Morgan fingerprint density at radius 1 is 0.857 bits per heavy atom. The summed E-state index contributed by atoms with van der Waals surface area (Å²) >= 11 is 0. The first-order chi connectivity index (χ1) is 10.4. The van der Waals surface area contributed by atoms with E-state index < -0.39 is 0 Å². The van der Waals surface area contributed by atoms with Crippen LogP contribution in [0.1, 0.15) is 24.8 Å². The van der Waals surface area contributed by atoms with Crippen molar-refractivity contribution in [2.24, 2.45) is 5.16 Å². The number of oxime groups is 1. The SMILES string of the molecule is O/N=C(/c1ccccc1-c1ccccc1)N1CCCCC1. The smallest absolute Gasteiger partial charge is 0.175 e. The number of amidine groups is 1. The molecule has 3 nitrogen and oxygen atoms in total. The highest BCUT2D eigenvalue weighted by Gasteiger charge is 2.19. The molecule has 0 bridgehead atoms. The number of hydrogen-bond donors (Lipinski definition) is 1. The molecule has 3 rings (SSSR count). The Morgan fingerprint density at radius 2 is 1.52 bits per heavy atom. The fourth-order valence-electron chi connectivity index (χ4n) is 2.94. The fraction of sp³-hybridized carbons (Fsp3) is 0.278. The zero-order valence-corrected chi connectivity index (χ0v) is 12.1. The maximum Gasteiger partial charge on any atom is 0.175 e. The number of nitrogens with zero attached hydrogens (tertiary/aromatic N) is 2. The Labute approximate surface area is 125 Å². The van der Waals surface area contributed by atoms with Crippen molar-refractivity contribution in [2.45, 2.75) is 19.3 Å². The Morgan fingerprint density at radius 3 is 2.24 bits per heavy atom. The first-order valence-electron chi connectivity index (χ1n) is 7.52. The second kappa shape index (κ2) is 6.44. The molecule has 0 aliphatic carbocycles. The van der Waals surface area contributed by atoms with Gasteiger partial charge in [0.15, 0.2) is 5.84 Å². The summed E-state index contributed by atoms with van der Waals surface area (Å²) in [6.45, 7) is 1.92. The maximum atomic E-state index is 9.55. The van der Waals surface area contributed by atoms with Gasteiger partial charge in [-0.1, -0.05) is 59.8 Å². The highest BCUT2D eigenvalue weighted by molar-refractivity contribution is 6.04. The summed E-state index contributed by atoms with van der Waals surface area (Å²) in [5, 5.41) is 13.2. The predicted octanol–water partition coefficient (Wildman–Crippen LogP) is 3.98. The normalized spacial score (nSPS) is 16.0. The molecule has 0 atom stereocenters. The highest BCUT2D eigenvalue weighted by Crippen LogP contribution is 2.26. The molecule has 1 saturated heterocycles. The molecule has 1 fully saturated rings. The lowest BCUT2D eigenvalue weighted by Crippen LogP contribution is -2.36. The molecule has 0 amide bonds. The van der Waals surface area contributed by atoms with E-state index >= 15 is 0 Å². The molecule has 108 valence electrons. The number of likely N-dealkylation sites (tertiary alicyclic amines) is 1. The molecule has 1 heterocycles. The Balaban J connectivity index is 2.01. The van der Waals surface area contributed by atoms with Crippen molar-refractivity contribution in [2.75, 3.05) is 13.1 Å². The average molecular weight is 280 g/mol. The fourth-order valence-corrected chi connectivity index (χ4v) is 2.94. The molecular formula is C18H20N2O. The van der Waals surface area contributed by atoms with Crippen LogP contribution in [0, 0.1) is 0 Å². The minimum absolute atomic E-state index is 0.689.